The van der Waals surface area contributed by atoms with Crippen LogP contribution in [0.4, 0.5) is 0 Å². The van der Waals surface area contributed by atoms with E-state index in [2.05, 4.69) is 25.2 Å². The molecule has 3 heteroatoms. The molecule has 0 unspecified atom stereocenters. The molecule has 100 valence electrons. The molecule has 0 radical (unpaired) electrons. The molecule has 1 N–H and O–H groups in total. The van der Waals surface area contributed by atoms with Gasteiger partial charge < -0.3 is 10.1 Å². The lowest BCUT2D eigenvalue weighted by Crippen LogP contribution is -2.22. The second-order valence-corrected chi connectivity index (χ2v) is 5.14. The molecular formula is C16H18ClNO. The summed E-state index contributed by atoms with van der Waals surface area (Å²) in [6.45, 7) is 5.04. The summed E-state index contributed by atoms with van der Waals surface area (Å²) < 4.78 is 5.90. The van der Waals surface area contributed by atoms with Gasteiger partial charge >= 0.3 is 0 Å². The molecule has 19 heavy (non-hydrogen) atoms. The van der Waals surface area contributed by atoms with Crippen molar-refractivity contribution < 1.29 is 4.74 Å². The van der Waals surface area contributed by atoms with Crippen LogP contribution in [0, 0.1) is 0 Å². The summed E-state index contributed by atoms with van der Waals surface area (Å²) in [7, 11) is 0. The summed E-state index contributed by atoms with van der Waals surface area (Å²) in [4.78, 5) is 0. The smallest absolute Gasteiger partial charge is 0.131 e. The van der Waals surface area contributed by atoms with Crippen LogP contribution in [0.5, 0.6) is 11.5 Å². The van der Waals surface area contributed by atoms with Gasteiger partial charge in [-0.2, -0.15) is 0 Å². The van der Waals surface area contributed by atoms with Crippen LogP contribution in [-0.4, -0.2) is 6.04 Å². The topological polar surface area (TPSA) is 21.3 Å². The van der Waals surface area contributed by atoms with Crippen molar-refractivity contribution in [3.8, 4) is 11.5 Å². The standard InChI is InChI=1S/C16H18ClNO/c1-12(2)18-11-13-6-3-4-9-16(13)19-15-8-5-7-14(17)10-15/h3-10,12,18H,11H2,1-2H3. The Morgan fingerprint density at radius 2 is 1.89 bits per heavy atom. The van der Waals surface area contributed by atoms with Gasteiger partial charge in [-0.15, -0.1) is 0 Å². The summed E-state index contributed by atoms with van der Waals surface area (Å²) in [5.41, 5.74) is 1.14. The first kappa shape index (κ1) is 13.9. The molecule has 0 amide bonds. The van der Waals surface area contributed by atoms with E-state index in [1.807, 2.05) is 42.5 Å². The highest BCUT2D eigenvalue weighted by Crippen LogP contribution is 2.27. The highest BCUT2D eigenvalue weighted by atomic mass is 35.5. The molecule has 0 spiro atoms. The van der Waals surface area contributed by atoms with E-state index >= 15 is 0 Å². The van der Waals surface area contributed by atoms with Crippen molar-refractivity contribution in [1.29, 1.82) is 0 Å². The molecular weight excluding hydrogens is 258 g/mol. The number of benzene rings is 2. The Bertz CT molecular complexity index is 540. The lowest BCUT2D eigenvalue weighted by atomic mass is 10.2. The van der Waals surface area contributed by atoms with Gasteiger partial charge in [0.05, 0.1) is 0 Å². The fourth-order valence-corrected chi connectivity index (χ4v) is 1.90. The van der Waals surface area contributed by atoms with Crippen molar-refractivity contribution in [1.82, 2.24) is 5.32 Å². The highest BCUT2D eigenvalue weighted by molar-refractivity contribution is 6.30. The van der Waals surface area contributed by atoms with Crippen molar-refractivity contribution in [2.45, 2.75) is 26.4 Å². The van der Waals surface area contributed by atoms with Crippen LogP contribution >= 0.6 is 11.6 Å². The molecule has 2 nitrogen and oxygen atoms in total. The molecule has 2 aromatic rings. The number of para-hydroxylation sites is 1. The zero-order valence-electron chi connectivity index (χ0n) is 11.2. The summed E-state index contributed by atoms with van der Waals surface area (Å²) in [6.07, 6.45) is 0. The van der Waals surface area contributed by atoms with Crippen LogP contribution < -0.4 is 10.1 Å². The number of hydrogen-bond donors (Lipinski definition) is 1. The van der Waals surface area contributed by atoms with Crippen LogP contribution in [0.25, 0.3) is 0 Å². The van der Waals surface area contributed by atoms with Crippen molar-refractivity contribution in [2.24, 2.45) is 0 Å². The molecule has 0 aliphatic carbocycles. The molecule has 0 atom stereocenters. The lowest BCUT2D eigenvalue weighted by Gasteiger charge is -2.13. The minimum absolute atomic E-state index is 0.444. The first-order chi connectivity index (χ1) is 9.15. The van der Waals surface area contributed by atoms with E-state index in [1.54, 1.807) is 0 Å². The lowest BCUT2D eigenvalue weighted by molar-refractivity contribution is 0.469. The highest BCUT2D eigenvalue weighted by Gasteiger charge is 2.05. The normalized spacial score (nSPS) is 10.7. The molecule has 0 fully saturated rings. The minimum atomic E-state index is 0.444. The Labute approximate surface area is 119 Å². The molecule has 0 heterocycles. The molecule has 0 bridgehead atoms. The summed E-state index contributed by atoms with van der Waals surface area (Å²) in [5.74, 6) is 1.61. The van der Waals surface area contributed by atoms with Gasteiger partial charge in [-0.1, -0.05) is 49.7 Å². The fraction of sp³-hybridized carbons (Fsp3) is 0.250. The van der Waals surface area contributed by atoms with Crippen molar-refractivity contribution >= 4 is 11.6 Å². The van der Waals surface area contributed by atoms with Crippen LogP contribution in [0.2, 0.25) is 5.02 Å². The number of rotatable bonds is 5. The quantitative estimate of drug-likeness (QED) is 0.859. The Morgan fingerprint density at radius 3 is 2.63 bits per heavy atom. The molecule has 2 rings (SSSR count). The first-order valence-electron chi connectivity index (χ1n) is 6.40. The van der Waals surface area contributed by atoms with E-state index in [4.69, 9.17) is 16.3 Å². The predicted molar refractivity (Wildman–Crippen MR) is 79.9 cm³/mol. The third-order valence-electron chi connectivity index (χ3n) is 2.70. The Balaban J connectivity index is 2.15. The fourth-order valence-electron chi connectivity index (χ4n) is 1.72. The van der Waals surface area contributed by atoms with Gasteiger partial charge in [-0.25, -0.2) is 0 Å². The van der Waals surface area contributed by atoms with E-state index in [1.165, 1.54) is 0 Å². The van der Waals surface area contributed by atoms with E-state index in [9.17, 15) is 0 Å². The zero-order valence-corrected chi connectivity index (χ0v) is 11.9. The zero-order chi connectivity index (χ0) is 13.7. The van der Waals surface area contributed by atoms with Crippen LogP contribution in [0.15, 0.2) is 48.5 Å². The molecule has 2 aromatic carbocycles. The van der Waals surface area contributed by atoms with Gasteiger partial charge in [0.25, 0.3) is 0 Å². The average molecular weight is 276 g/mol. The van der Waals surface area contributed by atoms with E-state index in [0.717, 1.165) is 23.6 Å². The summed E-state index contributed by atoms with van der Waals surface area (Å²) >= 11 is 5.96. The molecule has 0 saturated carbocycles. The maximum absolute atomic E-state index is 5.96. The maximum Gasteiger partial charge on any atom is 0.131 e. The second kappa shape index (κ2) is 6.60. The Morgan fingerprint density at radius 1 is 1.11 bits per heavy atom. The summed E-state index contributed by atoms with van der Waals surface area (Å²) in [6, 6.07) is 15.9. The molecule has 0 aliphatic heterocycles. The van der Waals surface area contributed by atoms with Crippen molar-refractivity contribution in [3.05, 3.63) is 59.1 Å². The van der Waals surface area contributed by atoms with Gasteiger partial charge in [0.15, 0.2) is 0 Å². The minimum Gasteiger partial charge on any atom is -0.457 e. The predicted octanol–water partition coefficient (Wildman–Crippen LogP) is 4.63. The number of nitrogens with one attached hydrogen (secondary N) is 1. The van der Waals surface area contributed by atoms with E-state index in [-0.39, 0.29) is 0 Å². The third kappa shape index (κ3) is 4.27. The molecule has 0 aliphatic rings. The molecule has 0 saturated heterocycles. The van der Waals surface area contributed by atoms with Crippen LogP contribution in [-0.2, 0) is 6.54 Å². The van der Waals surface area contributed by atoms with Crippen LogP contribution in [0.1, 0.15) is 19.4 Å². The third-order valence-corrected chi connectivity index (χ3v) is 2.93. The second-order valence-electron chi connectivity index (χ2n) is 4.70. The van der Waals surface area contributed by atoms with Gasteiger partial charge in [-0.3, -0.25) is 0 Å². The van der Waals surface area contributed by atoms with Gasteiger partial charge in [-0.05, 0) is 24.3 Å². The van der Waals surface area contributed by atoms with E-state index < -0.39 is 0 Å². The Hall–Kier alpha value is -1.51. The largest absolute Gasteiger partial charge is 0.457 e. The number of hydrogen-bond acceptors (Lipinski definition) is 2. The van der Waals surface area contributed by atoms with Gasteiger partial charge in [0.2, 0.25) is 0 Å². The first-order valence-corrected chi connectivity index (χ1v) is 6.77. The van der Waals surface area contributed by atoms with E-state index in [0.29, 0.717) is 11.1 Å². The Kier molecular flexibility index (Phi) is 4.83. The summed E-state index contributed by atoms with van der Waals surface area (Å²) in [5, 5.41) is 4.07. The monoisotopic (exact) mass is 275 g/mol. The van der Waals surface area contributed by atoms with Crippen molar-refractivity contribution in [3.63, 3.8) is 0 Å². The number of ether oxygens (including phenoxy) is 1. The average Bonchev–Trinajstić information content (AvgIpc) is 2.38. The maximum atomic E-state index is 5.96. The van der Waals surface area contributed by atoms with Gasteiger partial charge in [0, 0.05) is 23.2 Å². The number of halogens is 1. The SMILES string of the molecule is CC(C)NCc1ccccc1Oc1cccc(Cl)c1. The molecule has 0 aromatic heterocycles. The van der Waals surface area contributed by atoms with Gasteiger partial charge in [0.1, 0.15) is 11.5 Å². The van der Waals surface area contributed by atoms with Crippen molar-refractivity contribution in [2.75, 3.05) is 0 Å². The van der Waals surface area contributed by atoms with Crippen LogP contribution in [0.3, 0.4) is 0 Å².